The molecule has 2 aromatic heterocycles. The van der Waals surface area contributed by atoms with Crippen molar-refractivity contribution in [2.45, 2.75) is 19.8 Å². The normalized spacial score (nSPS) is 10.6. The molecule has 0 spiro atoms. The van der Waals surface area contributed by atoms with Gasteiger partial charge in [-0.2, -0.15) is 9.47 Å². The van der Waals surface area contributed by atoms with E-state index in [0.29, 0.717) is 5.13 Å². The smallest absolute Gasteiger partial charge is 0.358 e. The number of hydrogen-bond acceptors (Lipinski definition) is 6. The van der Waals surface area contributed by atoms with Crippen LogP contribution in [-0.4, -0.2) is 30.2 Å². The molecule has 8 heteroatoms. The number of carbonyl (C=O) groups is 1. The van der Waals surface area contributed by atoms with E-state index < -0.39 is 5.97 Å². The molecule has 17 heavy (non-hydrogen) atoms. The van der Waals surface area contributed by atoms with Crippen molar-refractivity contribution >= 4 is 23.2 Å². The van der Waals surface area contributed by atoms with Gasteiger partial charge in [0.05, 0.1) is 11.9 Å². The fraction of sp³-hybridized carbons (Fsp3) is 0.333. The lowest BCUT2D eigenvalue weighted by Crippen LogP contribution is -2.02. The minimum atomic E-state index is -1.15. The van der Waals surface area contributed by atoms with Gasteiger partial charge in [-0.05, 0) is 6.42 Å². The van der Waals surface area contributed by atoms with Crippen LogP contribution in [0.2, 0.25) is 0 Å². The van der Waals surface area contributed by atoms with Gasteiger partial charge in [0.1, 0.15) is 5.82 Å². The highest BCUT2D eigenvalue weighted by atomic mass is 32.1. The highest BCUT2D eigenvalue weighted by molar-refractivity contribution is 7.08. The summed E-state index contributed by atoms with van der Waals surface area (Å²) in [7, 11) is 0. The quantitative estimate of drug-likeness (QED) is 0.840. The first-order valence-corrected chi connectivity index (χ1v) is 5.80. The third-order valence-electron chi connectivity index (χ3n) is 2.07. The van der Waals surface area contributed by atoms with E-state index in [9.17, 15) is 4.79 Å². The number of anilines is 1. The molecule has 0 aliphatic carbocycles. The van der Waals surface area contributed by atoms with Crippen molar-refractivity contribution in [1.29, 1.82) is 0 Å². The summed E-state index contributed by atoms with van der Waals surface area (Å²) in [6, 6.07) is 0. The van der Waals surface area contributed by atoms with E-state index in [1.165, 1.54) is 22.4 Å². The fourth-order valence-electron chi connectivity index (χ4n) is 1.31. The van der Waals surface area contributed by atoms with Crippen LogP contribution in [0.4, 0.5) is 5.69 Å². The standard InChI is InChI=1S/C9H11N5O2S/c1-2-3-6-11-9(17-13-6)14-4-5(10)7(12-14)8(15)16/h4H,2-3,10H2,1H3,(H,15,16). The zero-order chi connectivity index (χ0) is 12.4. The molecule has 0 radical (unpaired) electrons. The first-order valence-electron chi connectivity index (χ1n) is 5.03. The topological polar surface area (TPSA) is 107 Å². The van der Waals surface area contributed by atoms with Gasteiger partial charge in [-0.3, -0.25) is 0 Å². The van der Waals surface area contributed by atoms with Crippen LogP contribution in [0.25, 0.3) is 5.13 Å². The number of nitrogens with two attached hydrogens (primary N) is 1. The Morgan fingerprint density at radius 1 is 1.65 bits per heavy atom. The molecule has 0 amide bonds. The van der Waals surface area contributed by atoms with Gasteiger partial charge >= 0.3 is 5.97 Å². The van der Waals surface area contributed by atoms with Crippen LogP contribution in [0, 0.1) is 0 Å². The third kappa shape index (κ3) is 2.26. The molecule has 7 nitrogen and oxygen atoms in total. The van der Waals surface area contributed by atoms with E-state index in [1.54, 1.807) is 0 Å². The molecule has 0 bridgehead atoms. The number of aromatic nitrogens is 4. The second kappa shape index (κ2) is 4.50. The molecule has 90 valence electrons. The highest BCUT2D eigenvalue weighted by Crippen LogP contribution is 2.16. The van der Waals surface area contributed by atoms with E-state index in [-0.39, 0.29) is 11.4 Å². The number of aryl methyl sites for hydroxylation is 1. The molecule has 0 saturated carbocycles. The lowest BCUT2D eigenvalue weighted by Gasteiger charge is -1.91. The van der Waals surface area contributed by atoms with Gasteiger partial charge in [-0.25, -0.2) is 14.5 Å². The third-order valence-corrected chi connectivity index (χ3v) is 2.82. The summed E-state index contributed by atoms with van der Waals surface area (Å²) in [6.07, 6.45) is 3.18. The second-order valence-electron chi connectivity index (χ2n) is 3.43. The Morgan fingerprint density at radius 2 is 2.41 bits per heavy atom. The summed E-state index contributed by atoms with van der Waals surface area (Å²) in [4.78, 5) is 15.0. The van der Waals surface area contributed by atoms with Crippen LogP contribution >= 0.6 is 11.5 Å². The predicted octanol–water partition coefficient (Wildman–Crippen LogP) is 0.957. The van der Waals surface area contributed by atoms with Crippen LogP contribution in [0.5, 0.6) is 0 Å². The Labute approximate surface area is 101 Å². The van der Waals surface area contributed by atoms with E-state index in [4.69, 9.17) is 10.8 Å². The van der Waals surface area contributed by atoms with Crippen LogP contribution in [0.1, 0.15) is 29.7 Å². The first kappa shape index (κ1) is 11.5. The average molecular weight is 253 g/mol. The van der Waals surface area contributed by atoms with Crippen LogP contribution < -0.4 is 5.73 Å². The molecule has 2 rings (SSSR count). The monoisotopic (exact) mass is 253 g/mol. The number of nitrogens with zero attached hydrogens (tertiary/aromatic N) is 4. The van der Waals surface area contributed by atoms with Crippen molar-refractivity contribution in [3.8, 4) is 5.13 Å². The number of rotatable bonds is 4. The van der Waals surface area contributed by atoms with Crippen molar-refractivity contribution in [1.82, 2.24) is 19.1 Å². The van der Waals surface area contributed by atoms with E-state index >= 15 is 0 Å². The van der Waals surface area contributed by atoms with Gasteiger partial charge in [-0.1, -0.05) is 6.92 Å². The molecule has 0 unspecified atom stereocenters. The molecule has 0 saturated heterocycles. The predicted molar refractivity (Wildman–Crippen MR) is 62.4 cm³/mol. The molecule has 2 heterocycles. The summed E-state index contributed by atoms with van der Waals surface area (Å²) in [5.41, 5.74) is 5.48. The maximum Gasteiger partial charge on any atom is 0.358 e. The average Bonchev–Trinajstić information content (AvgIpc) is 2.85. The Kier molecular flexibility index (Phi) is 3.05. The minimum Gasteiger partial charge on any atom is -0.476 e. The van der Waals surface area contributed by atoms with Crippen molar-refractivity contribution in [3.05, 3.63) is 17.7 Å². The molecule has 3 N–H and O–H groups in total. The van der Waals surface area contributed by atoms with Crippen molar-refractivity contribution < 1.29 is 9.90 Å². The highest BCUT2D eigenvalue weighted by Gasteiger charge is 2.15. The number of carboxylic acids is 1. The Morgan fingerprint density at radius 3 is 3.00 bits per heavy atom. The molecular formula is C9H11N5O2S. The zero-order valence-corrected chi connectivity index (χ0v) is 9.94. The maximum atomic E-state index is 10.8. The van der Waals surface area contributed by atoms with Gasteiger partial charge in [0.2, 0.25) is 5.13 Å². The molecule has 0 aromatic carbocycles. The molecule has 0 aliphatic rings. The Bertz CT molecular complexity index is 547. The van der Waals surface area contributed by atoms with E-state index in [2.05, 4.69) is 14.5 Å². The summed E-state index contributed by atoms with van der Waals surface area (Å²) in [6.45, 7) is 2.04. The van der Waals surface area contributed by atoms with Crippen LogP contribution in [0.3, 0.4) is 0 Å². The molecule has 2 aromatic rings. The van der Waals surface area contributed by atoms with Gasteiger partial charge in [0.15, 0.2) is 5.69 Å². The first-order chi connectivity index (χ1) is 8.11. The summed E-state index contributed by atoms with van der Waals surface area (Å²) < 4.78 is 5.49. The largest absolute Gasteiger partial charge is 0.476 e. The Hall–Kier alpha value is -1.96. The molecule has 0 aliphatic heterocycles. The fourth-order valence-corrected chi connectivity index (χ4v) is 1.96. The summed E-state index contributed by atoms with van der Waals surface area (Å²) in [5.74, 6) is -0.419. The van der Waals surface area contributed by atoms with Crippen molar-refractivity contribution in [2.24, 2.45) is 0 Å². The van der Waals surface area contributed by atoms with E-state index in [0.717, 1.165) is 18.7 Å². The Balaban J connectivity index is 2.32. The van der Waals surface area contributed by atoms with Gasteiger partial charge < -0.3 is 10.8 Å². The second-order valence-corrected chi connectivity index (χ2v) is 4.16. The van der Waals surface area contributed by atoms with Crippen LogP contribution in [-0.2, 0) is 6.42 Å². The number of carboxylic acid groups (broad SMARTS) is 1. The lowest BCUT2D eigenvalue weighted by atomic mass is 10.3. The van der Waals surface area contributed by atoms with Crippen LogP contribution in [0.15, 0.2) is 6.20 Å². The number of nitrogen functional groups attached to an aromatic ring is 1. The number of hydrogen-bond donors (Lipinski definition) is 2. The number of aromatic carboxylic acids is 1. The lowest BCUT2D eigenvalue weighted by molar-refractivity contribution is 0.0691. The summed E-state index contributed by atoms with van der Waals surface area (Å²) in [5, 5.41) is 13.2. The van der Waals surface area contributed by atoms with Gasteiger partial charge in [0, 0.05) is 18.0 Å². The summed E-state index contributed by atoms with van der Waals surface area (Å²) >= 11 is 1.17. The molecule has 0 fully saturated rings. The SMILES string of the molecule is CCCc1nsc(-n2cc(N)c(C(=O)O)n2)n1. The van der Waals surface area contributed by atoms with Gasteiger partial charge in [-0.15, -0.1) is 0 Å². The molecule has 0 atom stereocenters. The van der Waals surface area contributed by atoms with Gasteiger partial charge in [0.25, 0.3) is 0 Å². The van der Waals surface area contributed by atoms with Crippen molar-refractivity contribution in [2.75, 3.05) is 5.73 Å². The maximum absolute atomic E-state index is 10.8. The minimum absolute atomic E-state index is 0.116. The molecular weight excluding hydrogens is 242 g/mol. The zero-order valence-electron chi connectivity index (χ0n) is 9.12. The van der Waals surface area contributed by atoms with Crippen molar-refractivity contribution in [3.63, 3.8) is 0 Å². The van der Waals surface area contributed by atoms with E-state index in [1.807, 2.05) is 6.92 Å².